The highest BCUT2D eigenvalue weighted by molar-refractivity contribution is 9.10. The van der Waals surface area contributed by atoms with E-state index in [0.29, 0.717) is 42.0 Å². The molecule has 1 aliphatic rings. The van der Waals surface area contributed by atoms with Gasteiger partial charge in [-0.2, -0.15) is 4.31 Å². The molecule has 1 amide bonds. The Morgan fingerprint density at radius 1 is 1.10 bits per heavy atom. The molecule has 0 unspecified atom stereocenters. The number of carbonyl (C=O) groups excluding carboxylic acids is 1. The molecule has 0 aromatic heterocycles. The molecule has 11 heteroatoms. The number of hydrogen-bond donors (Lipinski definition) is 2. The van der Waals surface area contributed by atoms with E-state index in [1.165, 1.54) is 10.6 Å². The van der Waals surface area contributed by atoms with Crippen LogP contribution < -0.4 is 20.3 Å². The lowest BCUT2D eigenvalue weighted by Crippen LogP contribution is -2.48. The Morgan fingerprint density at radius 3 is 2.29 bits per heavy atom. The molecule has 1 aliphatic heterocycles. The minimum Gasteiger partial charge on any atom is -0.496 e. The van der Waals surface area contributed by atoms with Crippen LogP contribution in [0.15, 0.2) is 46.9 Å². The first-order valence-electron chi connectivity index (χ1n) is 9.43. The number of carbonyl (C=O) groups is 1. The molecule has 0 aliphatic carbocycles. The van der Waals surface area contributed by atoms with Crippen LogP contribution >= 0.6 is 28.1 Å². The smallest absolute Gasteiger partial charge is 0.257 e. The highest BCUT2D eigenvalue weighted by Gasteiger charge is 2.23. The fraction of sp³-hybridized carbons (Fsp3) is 0.300. The first kappa shape index (κ1) is 23.5. The minimum atomic E-state index is -3.15. The molecule has 1 heterocycles. The first-order valence-corrected chi connectivity index (χ1v) is 12.5. The summed E-state index contributed by atoms with van der Waals surface area (Å²) < 4.78 is 30.6. The van der Waals surface area contributed by atoms with Crippen molar-refractivity contribution in [3.05, 3.63) is 52.5 Å². The van der Waals surface area contributed by atoms with Gasteiger partial charge >= 0.3 is 0 Å². The van der Waals surface area contributed by atoms with E-state index in [9.17, 15) is 13.2 Å². The zero-order valence-corrected chi connectivity index (χ0v) is 20.3. The third-order valence-corrected chi connectivity index (χ3v) is 6.97. The van der Waals surface area contributed by atoms with Crippen LogP contribution in [0.2, 0.25) is 0 Å². The van der Waals surface area contributed by atoms with Crippen molar-refractivity contribution in [2.75, 3.05) is 49.8 Å². The number of benzene rings is 2. The zero-order valence-electron chi connectivity index (χ0n) is 17.1. The van der Waals surface area contributed by atoms with E-state index in [4.69, 9.17) is 17.0 Å². The average molecular weight is 527 g/mol. The number of anilines is 2. The molecular formula is C20H23BrN4O4S2. The quantitative estimate of drug-likeness (QED) is 0.578. The topological polar surface area (TPSA) is 91.0 Å². The van der Waals surface area contributed by atoms with Gasteiger partial charge in [-0.3, -0.25) is 10.1 Å². The summed E-state index contributed by atoms with van der Waals surface area (Å²) in [6.07, 6.45) is 1.23. The number of hydrogen-bond acceptors (Lipinski definition) is 6. The second-order valence-corrected chi connectivity index (χ2v) is 10.2. The monoisotopic (exact) mass is 526 g/mol. The predicted molar refractivity (Wildman–Crippen MR) is 129 cm³/mol. The Balaban J connectivity index is 1.54. The molecular weight excluding hydrogens is 504 g/mol. The summed E-state index contributed by atoms with van der Waals surface area (Å²) in [5, 5.41) is 5.83. The molecule has 2 N–H and O–H groups in total. The Labute approximate surface area is 195 Å². The van der Waals surface area contributed by atoms with Gasteiger partial charge in [0.2, 0.25) is 10.0 Å². The van der Waals surface area contributed by atoms with E-state index in [2.05, 4.69) is 31.5 Å². The van der Waals surface area contributed by atoms with Crippen molar-refractivity contribution in [3.8, 4) is 5.75 Å². The molecule has 31 heavy (non-hydrogen) atoms. The standard InChI is InChI=1S/C20H23BrN4O4S2/c1-29-18-8-3-14(13-17(18)21)19(26)23-20(30)22-15-4-6-16(7-5-15)24-9-11-25(12-10-24)31(2,27)28/h3-8,13H,9-12H2,1-2H3,(H2,22,23,26,30). The third-order valence-electron chi connectivity index (χ3n) is 4.84. The number of nitrogens with zero attached hydrogens (tertiary/aromatic N) is 2. The van der Waals surface area contributed by atoms with Crippen LogP contribution in [0.3, 0.4) is 0 Å². The number of rotatable bonds is 5. The van der Waals surface area contributed by atoms with Gasteiger partial charge in [0.25, 0.3) is 5.91 Å². The van der Waals surface area contributed by atoms with Crippen LogP contribution in [0.25, 0.3) is 0 Å². The minimum absolute atomic E-state index is 0.187. The number of amides is 1. The SMILES string of the molecule is COc1ccc(C(=O)NC(=S)Nc2ccc(N3CCN(S(C)(=O)=O)CC3)cc2)cc1Br. The normalized spacial score (nSPS) is 14.7. The number of thiocarbonyl (C=S) groups is 1. The largest absolute Gasteiger partial charge is 0.496 e. The summed E-state index contributed by atoms with van der Waals surface area (Å²) >= 11 is 8.61. The fourth-order valence-electron chi connectivity index (χ4n) is 3.18. The molecule has 0 spiro atoms. The number of halogens is 1. The molecule has 0 radical (unpaired) electrons. The lowest BCUT2D eigenvalue weighted by Gasteiger charge is -2.34. The van der Waals surface area contributed by atoms with Crippen molar-refractivity contribution < 1.29 is 17.9 Å². The van der Waals surface area contributed by atoms with Gasteiger partial charge in [0.1, 0.15) is 5.75 Å². The highest BCUT2D eigenvalue weighted by atomic mass is 79.9. The van der Waals surface area contributed by atoms with Gasteiger partial charge in [0, 0.05) is 43.1 Å². The van der Waals surface area contributed by atoms with Gasteiger partial charge in [-0.25, -0.2) is 8.42 Å². The van der Waals surface area contributed by atoms with Crippen LogP contribution in [0.5, 0.6) is 5.75 Å². The zero-order chi connectivity index (χ0) is 22.6. The molecule has 0 atom stereocenters. The van der Waals surface area contributed by atoms with Crippen LogP contribution in [-0.4, -0.2) is 63.3 Å². The van der Waals surface area contributed by atoms with Crippen LogP contribution in [0.4, 0.5) is 11.4 Å². The van der Waals surface area contributed by atoms with Crippen molar-refractivity contribution >= 4 is 60.6 Å². The Bertz CT molecular complexity index is 1070. The van der Waals surface area contributed by atoms with Crippen molar-refractivity contribution in [2.45, 2.75) is 0 Å². The molecule has 8 nitrogen and oxygen atoms in total. The number of ether oxygens (including phenoxy) is 1. The van der Waals surface area contributed by atoms with E-state index in [0.717, 1.165) is 11.4 Å². The number of piperazine rings is 1. The summed E-state index contributed by atoms with van der Waals surface area (Å²) in [5.74, 6) is 0.302. The molecule has 1 saturated heterocycles. The Kier molecular flexibility index (Phi) is 7.52. The van der Waals surface area contributed by atoms with Gasteiger partial charge in [0.15, 0.2) is 5.11 Å². The van der Waals surface area contributed by atoms with Crippen LogP contribution in [0.1, 0.15) is 10.4 Å². The summed E-state index contributed by atoms with van der Waals surface area (Å²) in [4.78, 5) is 14.5. The highest BCUT2D eigenvalue weighted by Crippen LogP contribution is 2.25. The molecule has 3 rings (SSSR count). The molecule has 166 valence electrons. The van der Waals surface area contributed by atoms with Crippen LogP contribution in [-0.2, 0) is 10.0 Å². The Morgan fingerprint density at radius 2 is 1.74 bits per heavy atom. The maximum atomic E-state index is 12.4. The molecule has 2 aromatic carbocycles. The van der Waals surface area contributed by atoms with E-state index >= 15 is 0 Å². The Hall–Kier alpha value is -2.21. The van der Waals surface area contributed by atoms with E-state index in [1.54, 1.807) is 25.3 Å². The maximum absolute atomic E-state index is 12.4. The predicted octanol–water partition coefficient (Wildman–Crippen LogP) is 2.67. The fourth-order valence-corrected chi connectivity index (χ4v) is 4.76. The van der Waals surface area contributed by atoms with Gasteiger partial charge in [0.05, 0.1) is 17.8 Å². The number of methoxy groups -OCH3 is 1. The van der Waals surface area contributed by atoms with Crippen molar-refractivity contribution in [3.63, 3.8) is 0 Å². The molecule has 0 bridgehead atoms. The van der Waals surface area contributed by atoms with E-state index in [-0.39, 0.29) is 11.0 Å². The van der Waals surface area contributed by atoms with Crippen molar-refractivity contribution in [1.82, 2.24) is 9.62 Å². The summed E-state index contributed by atoms with van der Waals surface area (Å²) in [6.45, 7) is 2.20. The lowest BCUT2D eigenvalue weighted by atomic mass is 10.2. The number of sulfonamides is 1. The van der Waals surface area contributed by atoms with Crippen molar-refractivity contribution in [2.24, 2.45) is 0 Å². The van der Waals surface area contributed by atoms with Crippen LogP contribution in [0, 0.1) is 0 Å². The molecule has 0 saturated carbocycles. The van der Waals surface area contributed by atoms with Gasteiger partial charge in [-0.15, -0.1) is 0 Å². The van der Waals surface area contributed by atoms with Crippen molar-refractivity contribution in [1.29, 1.82) is 0 Å². The third kappa shape index (κ3) is 6.16. The first-order chi connectivity index (χ1) is 14.7. The molecule has 1 fully saturated rings. The van der Waals surface area contributed by atoms with E-state index in [1.807, 2.05) is 24.3 Å². The van der Waals surface area contributed by atoms with Gasteiger partial charge < -0.3 is 15.0 Å². The van der Waals surface area contributed by atoms with Gasteiger partial charge in [-0.1, -0.05) is 0 Å². The summed E-state index contributed by atoms with van der Waals surface area (Å²) in [6, 6.07) is 12.6. The van der Waals surface area contributed by atoms with Gasteiger partial charge in [-0.05, 0) is 70.6 Å². The summed E-state index contributed by atoms with van der Waals surface area (Å²) in [7, 11) is -1.59. The lowest BCUT2D eigenvalue weighted by molar-refractivity contribution is 0.0977. The summed E-state index contributed by atoms with van der Waals surface area (Å²) in [5.41, 5.74) is 2.18. The average Bonchev–Trinajstić information content (AvgIpc) is 2.73. The molecule has 2 aromatic rings. The second kappa shape index (κ2) is 9.94. The maximum Gasteiger partial charge on any atom is 0.257 e. The van der Waals surface area contributed by atoms with E-state index < -0.39 is 10.0 Å². The number of nitrogens with one attached hydrogen (secondary N) is 2. The second-order valence-electron chi connectivity index (χ2n) is 6.95.